The molecule has 1 saturated carbocycles. The Bertz CT molecular complexity index is 617. The van der Waals surface area contributed by atoms with Gasteiger partial charge in [-0.2, -0.15) is 0 Å². The molecular formula is C19H27Cl3N2O. The summed E-state index contributed by atoms with van der Waals surface area (Å²) in [5.74, 6) is 0.522. The number of carbonyl (C=O) groups is 1. The minimum Gasteiger partial charge on any atom is -0.336 e. The van der Waals surface area contributed by atoms with Gasteiger partial charge in [-0.15, -0.1) is 12.4 Å². The van der Waals surface area contributed by atoms with Gasteiger partial charge in [0.2, 0.25) is 5.91 Å². The summed E-state index contributed by atoms with van der Waals surface area (Å²) < 4.78 is 0. The largest absolute Gasteiger partial charge is 0.336 e. The van der Waals surface area contributed by atoms with Gasteiger partial charge in [0.15, 0.2) is 0 Å². The zero-order valence-electron chi connectivity index (χ0n) is 14.9. The van der Waals surface area contributed by atoms with Crippen LogP contribution in [-0.4, -0.2) is 30.4 Å². The second-order valence-corrected chi connectivity index (χ2v) is 8.06. The Morgan fingerprint density at radius 1 is 1.32 bits per heavy atom. The number of amides is 1. The molecule has 2 fully saturated rings. The van der Waals surface area contributed by atoms with E-state index in [1.165, 1.54) is 0 Å². The van der Waals surface area contributed by atoms with Crippen molar-refractivity contribution in [3.63, 3.8) is 0 Å². The Labute approximate surface area is 166 Å². The lowest BCUT2D eigenvalue weighted by molar-refractivity contribution is -0.135. The molecule has 25 heavy (non-hydrogen) atoms. The van der Waals surface area contributed by atoms with Crippen LogP contribution in [0, 0.1) is 11.3 Å². The van der Waals surface area contributed by atoms with Crippen LogP contribution in [0.15, 0.2) is 18.2 Å². The van der Waals surface area contributed by atoms with Crippen molar-refractivity contribution in [2.45, 2.75) is 45.6 Å². The predicted molar refractivity (Wildman–Crippen MR) is 107 cm³/mol. The van der Waals surface area contributed by atoms with Crippen molar-refractivity contribution in [1.29, 1.82) is 0 Å². The fraction of sp³-hybridized carbons (Fsp3) is 0.632. The van der Waals surface area contributed by atoms with Crippen LogP contribution in [0.2, 0.25) is 10.0 Å². The molecule has 2 aliphatic rings. The fourth-order valence-corrected chi connectivity index (χ4v) is 4.37. The smallest absolute Gasteiger partial charge is 0.226 e. The van der Waals surface area contributed by atoms with E-state index in [1.807, 2.05) is 23.1 Å². The van der Waals surface area contributed by atoms with Crippen molar-refractivity contribution in [3.8, 4) is 0 Å². The number of halogens is 3. The van der Waals surface area contributed by atoms with E-state index in [1.54, 1.807) is 0 Å². The minimum atomic E-state index is 0. The van der Waals surface area contributed by atoms with E-state index in [-0.39, 0.29) is 29.8 Å². The molecule has 0 radical (unpaired) electrons. The standard InChI is InChI=1S/C19H26Cl2N2O.ClH/c1-3-10-23(13(2)14-4-5-16(20)17(21)11-14)18(24)15-12-19(15)6-8-22-9-7-19;/h4-5,11,13,15,22H,3,6-10,12H2,1-2H3;1H. The third kappa shape index (κ3) is 4.27. The first-order valence-corrected chi connectivity index (χ1v) is 9.70. The Morgan fingerprint density at radius 3 is 2.60 bits per heavy atom. The maximum absolute atomic E-state index is 13.2. The third-order valence-electron chi connectivity index (χ3n) is 5.73. The van der Waals surface area contributed by atoms with Crippen molar-refractivity contribution >= 4 is 41.5 Å². The number of hydrogen-bond acceptors (Lipinski definition) is 2. The monoisotopic (exact) mass is 404 g/mol. The van der Waals surface area contributed by atoms with Crippen LogP contribution in [0.3, 0.4) is 0 Å². The highest BCUT2D eigenvalue weighted by Crippen LogP contribution is 2.59. The van der Waals surface area contributed by atoms with Crippen LogP contribution in [0.5, 0.6) is 0 Å². The first kappa shape index (κ1) is 20.8. The van der Waals surface area contributed by atoms with Gasteiger partial charge in [0.05, 0.1) is 16.1 Å². The highest BCUT2D eigenvalue weighted by molar-refractivity contribution is 6.42. The van der Waals surface area contributed by atoms with Gasteiger partial charge in [-0.1, -0.05) is 36.2 Å². The molecule has 1 heterocycles. The Morgan fingerprint density at radius 2 is 2.00 bits per heavy atom. The van der Waals surface area contributed by atoms with Gasteiger partial charge in [-0.25, -0.2) is 0 Å². The first-order valence-electron chi connectivity index (χ1n) is 8.94. The van der Waals surface area contributed by atoms with E-state index in [4.69, 9.17) is 23.2 Å². The molecule has 0 aromatic heterocycles. The number of nitrogens with one attached hydrogen (secondary N) is 1. The predicted octanol–water partition coefficient (Wildman–Crippen LogP) is 5.10. The number of hydrogen-bond donors (Lipinski definition) is 1. The third-order valence-corrected chi connectivity index (χ3v) is 6.47. The van der Waals surface area contributed by atoms with Crippen molar-refractivity contribution < 1.29 is 4.79 Å². The molecule has 2 atom stereocenters. The molecule has 1 amide bonds. The van der Waals surface area contributed by atoms with Gasteiger partial charge in [0.1, 0.15) is 0 Å². The quantitative estimate of drug-likeness (QED) is 0.738. The average Bonchev–Trinajstić information content (AvgIpc) is 3.27. The van der Waals surface area contributed by atoms with E-state index < -0.39 is 0 Å². The van der Waals surface area contributed by atoms with Crippen molar-refractivity contribution in [2.75, 3.05) is 19.6 Å². The van der Waals surface area contributed by atoms with E-state index in [9.17, 15) is 4.79 Å². The fourth-order valence-electron chi connectivity index (χ4n) is 4.06. The van der Waals surface area contributed by atoms with E-state index >= 15 is 0 Å². The molecule has 1 aromatic rings. The van der Waals surface area contributed by atoms with Crippen LogP contribution in [-0.2, 0) is 4.79 Å². The van der Waals surface area contributed by atoms with Gasteiger partial charge in [-0.3, -0.25) is 4.79 Å². The Kier molecular flexibility index (Phi) is 7.06. The Hall–Kier alpha value is -0.480. The molecule has 1 aliphatic heterocycles. The van der Waals surface area contributed by atoms with E-state index in [2.05, 4.69) is 19.2 Å². The summed E-state index contributed by atoms with van der Waals surface area (Å²) in [6, 6.07) is 5.70. The lowest BCUT2D eigenvalue weighted by atomic mass is 9.91. The molecule has 1 aliphatic carbocycles. The zero-order valence-corrected chi connectivity index (χ0v) is 17.2. The SMILES string of the molecule is CCCN(C(=O)C1CC12CCNCC2)C(C)c1ccc(Cl)c(Cl)c1.Cl. The van der Waals surface area contributed by atoms with Crippen molar-refractivity contribution in [3.05, 3.63) is 33.8 Å². The van der Waals surface area contributed by atoms with Gasteiger partial charge in [-0.05, 0) is 68.8 Å². The summed E-state index contributed by atoms with van der Waals surface area (Å²) in [6.45, 7) is 7.07. The zero-order chi connectivity index (χ0) is 17.3. The first-order chi connectivity index (χ1) is 11.5. The van der Waals surface area contributed by atoms with E-state index in [0.717, 1.165) is 50.9 Å². The molecule has 140 valence electrons. The highest BCUT2D eigenvalue weighted by atomic mass is 35.5. The summed E-state index contributed by atoms with van der Waals surface area (Å²) in [6.07, 6.45) is 4.27. The molecule has 1 N–H and O–H groups in total. The van der Waals surface area contributed by atoms with Crippen molar-refractivity contribution in [1.82, 2.24) is 10.2 Å². The number of rotatable bonds is 5. The topological polar surface area (TPSA) is 32.3 Å². The molecule has 0 bridgehead atoms. The van der Waals surface area contributed by atoms with Crippen LogP contribution in [0.1, 0.15) is 51.1 Å². The summed E-state index contributed by atoms with van der Waals surface area (Å²) in [5.41, 5.74) is 1.32. The maximum Gasteiger partial charge on any atom is 0.226 e. The lowest BCUT2D eigenvalue weighted by Gasteiger charge is -2.31. The highest BCUT2D eigenvalue weighted by Gasteiger charge is 2.58. The Balaban J connectivity index is 0.00000225. The van der Waals surface area contributed by atoms with Gasteiger partial charge in [0.25, 0.3) is 0 Å². The molecule has 6 heteroatoms. The van der Waals surface area contributed by atoms with Gasteiger partial charge >= 0.3 is 0 Å². The maximum atomic E-state index is 13.2. The van der Waals surface area contributed by atoms with Crippen LogP contribution in [0.4, 0.5) is 0 Å². The summed E-state index contributed by atoms with van der Waals surface area (Å²) in [5, 5.41) is 4.50. The second-order valence-electron chi connectivity index (χ2n) is 7.25. The van der Waals surface area contributed by atoms with Gasteiger partial charge < -0.3 is 10.2 Å². The molecule has 3 nitrogen and oxygen atoms in total. The van der Waals surface area contributed by atoms with Gasteiger partial charge in [0, 0.05) is 12.5 Å². The summed E-state index contributed by atoms with van der Waals surface area (Å²) >= 11 is 12.2. The number of carbonyl (C=O) groups excluding carboxylic acids is 1. The molecule has 3 rings (SSSR count). The van der Waals surface area contributed by atoms with E-state index in [0.29, 0.717) is 16.0 Å². The minimum absolute atomic E-state index is 0. The molecule has 2 unspecified atom stereocenters. The second kappa shape index (κ2) is 8.47. The summed E-state index contributed by atoms with van der Waals surface area (Å²) in [7, 11) is 0. The lowest BCUT2D eigenvalue weighted by Crippen LogP contribution is -2.38. The van der Waals surface area contributed by atoms with Crippen molar-refractivity contribution in [2.24, 2.45) is 11.3 Å². The molecule has 1 aromatic carbocycles. The molecule has 1 spiro atoms. The van der Waals surface area contributed by atoms with Crippen LogP contribution in [0.25, 0.3) is 0 Å². The molecular weight excluding hydrogens is 379 g/mol. The van der Waals surface area contributed by atoms with Crippen LogP contribution >= 0.6 is 35.6 Å². The average molecular weight is 406 g/mol. The summed E-state index contributed by atoms with van der Waals surface area (Å²) in [4.78, 5) is 15.2. The number of piperidine rings is 1. The molecule has 1 saturated heterocycles. The number of nitrogens with zero attached hydrogens (tertiary/aromatic N) is 1. The van der Waals surface area contributed by atoms with Crippen LogP contribution < -0.4 is 5.32 Å². The number of benzene rings is 1. The normalized spacial score (nSPS) is 22.2.